The number of aromatic nitrogens is 1. The number of thioether (sulfide) groups is 1. The predicted molar refractivity (Wildman–Crippen MR) is 94.8 cm³/mol. The van der Waals surface area contributed by atoms with Crippen molar-refractivity contribution in [2.75, 3.05) is 4.90 Å². The fraction of sp³-hybridized carbons (Fsp3) is 0. The van der Waals surface area contributed by atoms with Gasteiger partial charge in [-0.15, -0.1) is 0 Å². The van der Waals surface area contributed by atoms with Gasteiger partial charge >= 0.3 is 0 Å². The molecule has 2 N–H and O–H groups in total. The van der Waals surface area contributed by atoms with Gasteiger partial charge in [0.15, 0.2) is 4.32 Å². The summed E-state index contributed by atoms with van der Waals surface area (Å²) in [4.78, 5) is 30.0. The first kappa shape index (κ1) is 15.4. The molecule has 2 amide bonds. The van der Waals surface area contributed by atoms with Gasteiger partial charge in [0, 0.05) is 12.4 Å². The van der Waals surface area contributed by atoms with E-state index in [-0.39, 0.29) is 11.5 Å². The largest absolute Gasteiger partial charge is 0.366 e. The number of hydrogen-bond donors (Lipinski definition) is 1. The number of benzene rings is 1. The second-order valence-corrected chi connectivity index (χ2v) is 6.35. The Bertz CT molecular complexity index is 834. The molecule has 1 aliphatic heterocycles. The van der Waals surface area contributed by atoms with Crippen LogP contribution >= 0.6 is 24.0 Å². The Morgan fingerprint density at radius 2 is 1.91 bits per heavy atom. The number of nitrogens with two attached hydrogens (primary N) is 1. The topological polar surface area (TPSA) is 76.3 Å². The lowest BCUT2D eigenvalue weighted by Crippen LogP contribution is -2.30. The Morgan fingerprint density at radius 1 is 1.22 bits per heavy atom. The summed E-state index contributed by atoms with van der Waals surface area (Å²) in [6.45, 7) is 0. The number of carbonyl (C=O) groups is 2. The van der Waals surface area contributed by atoms with Crippen LogP contribution in [-0.4, -0.2) is 21.1 Å². The van der Waals surface area contributed by atoms with Gasteiger partial charge < -0.3 is 5.73 Å². The molecule has 7 heteroatoms. The van der Waals surface area contributed by atoms with Crippen molar-refractivity contribution in [2.24, 2.45) is 5.73 Å². The van der Waals surface area contributed by atoms with Crippen LogP contribution in [-0.2, 0) is 4.79 Å². The standard InChI is InChI=1S/C16H11N3O2S2/c17-14(20)11-3-1-2-4-12(11)19-15(21)13(23-16(19)22)9-10-5-7-18-8-6-10/h1-9H,(H2,17,20)/b13-9-. The molecule has 2 aromatic rings. The van der Waals surface area contributed by atoms with Crippen LogP contribution in [0.3, 0.4) is 0 Å². The van der Waals surface area contributed by atoms with Crippen LogP contribution in [0.1, 0.15) is 15.9 Å². The van der Waals surface area contributed by atoms with E-state index in [1.807, 2.05) is 0 Å². The molecule has 2 heterocycles. The van der Waals surface area contributed by atoms with Crippen molar-refractivity contribution in [1.82, 2.24) is 4.98 Å². The Kier molecular flexibility index (Phi) is 4.22. The van der Waals surface area contributed by atoms with E-state index in [0.717, 1.165) is 5.56 Å². The number of primary amides is 1. The highest BCUT2D eigenvalue weighted by atomic mass is 32.2. The number of rotatable bonds is 3. The summed E-state index contributed by atoms with van der Waals surface area (Å²) in [5.41, 5.74) is 6.90. The third kappa shape index (κ3) is 3.01. The first-order valence-electron chi connectivity index (χ1n) is 6.65. The fourth-order valence-electron chi connectivity index (χ4n) is 2.16. The van der Waals surface area contributed by atoms with E-state index in [4.69, 9.17) is 18.0 Å². The fourth-order valence-corrected chi connectivity index (χ4v) is 3.45. The number of thiocarbonyl (C=S) groups is 1. The van der Waals surface area contributed by atoms with Gasteiger partial charge in [-0.05, 0) is 35.9 Å². The van der Waals surface area contributed by atoms with Crippen molar-refractivity contribution in [2.45, 2.75) is 0 Å². The minimum absolute atomic E-state index is 0.258. The van der Waals surface area contributed by atoms with Gasteiger partial charge in [0.2, 0.25) is 0 Å². The highest BCUT2D eigenvalue weighted by molar-refractivity contribution is 8.27. The lowest BCUT2D eigenvalue weighted by Gasteiger charge is -2.17. The van der Waals surface area contributed by atoms with Gasteiger partial charge in [-0.25, -0.2) is 0 Å². The highest BCUT2D eigenvalue weighted by Crippen LogP contribution is 2.37. The van der Waals surface area contributed by atoms with E-state index < -0.39 is 5.91 Å². The Labute approximate surface area is 142 Å². The normalized spacial score (nSPS) is 16.2. The molecule has 23 heavy (non-hydrogen) atoms. The molecule has 5 nitrogen and oxygen atoms in total. The molecule has 0 radical (unpaired) electrons. The average Bonchev–Trinajstić information content (AvgIpc) is 2.82. The molecular weight excluding hydrogens is 330 g/mol. The van der Waals surface area contributed by atoms with Crippen LogP contribution in [0, 0.1) is 0 Å². The third-order valence-corrected chi connectivity index (χ3v) is 4.51. The molecule has 1 aromatic carbocycles. The average molecular weight is 341 g/mol. The van der Waals surface area contributed by atoms with Crippen molar-refractivity contribution in [3.8, 4) is 0 Å². The number of para-hydroxylation sites is 1. The Hall–Kier alpha value is -2.51. The quantitative estimate of drug-likeness (QED) is 0.686. The Morgan fingerprint density at radius 3 is 2.61 bits per heavy atom. The second-order valence-electron chi connectivity index (χ2n) is 4.68. The maximum Gasteiger partial charge on any atom is 0.270 e. The molecule has 0 bridgehead atoms. The molecule has 0 unspecified atom stereocenters. The molecule has 0 saturated carbocycles. The lowest BCUT2D eigenvalue weighted by atomic mass is 10.1. The number of anilines is 1. The van der Waals surface area contributed by atoms with Crippen molar-refractivity contribution < 1.29 is 9.59 Å². The van der Waals surface area contributed by atoms with Crippen molar-refractivity contribution in [3.63, 3.8) is 0 Å². The second kappa shape index (κ2) is 6.31. The summed E-state index contributed by atoms with van der Waals surface area (Å²) in [5, 5.41) is 0. The summed E-state index contributed by atoms with van der Waals surface area (Å²) in [7, 11) is 0. The molecule has 0 spiro atoms. The van der Waals surface area contributed by atoms with Gasteiger partial charge in [0.1, 0.15) is 0 Å². The molecular formula is C16H11N3O2S2. The molecule has 0 atom stereocenters. The summed E-state index contributed by atoms with van der Waals surface area (Å²) in [6.07, 6.45) is 5.04. The predicted octanol–water partition coefficient (Wildman–Crippen LogP) is 2.59. The molecule has 114 valence electrons. The summed E-state index contributed by atoms with van der Waals surface area (Å²) in [6, 6.07) is 10.2. The number of carbonyl (C=O) groups excluding carboxylic acids is 2. The van der Waals surface area contributed by atoms with Gasteiger partial charge in [-0.2, -0.15) is 0 Å². The molecule has 1 saturated heterocycles. The third-order valence-electron chi connectivity index (χ3n) is 3.21. The zero-order chi connectivity index (χ0) is 16.4. The van der Waals surface area contributed by atoms with Crippen LogP contribution in [0.2, 0.25) is 0 Å². The summed E-state index contributed by atoms with van der Waals surface area (Å²) >= 11 is 6.49. The van der Waals surface area contributed by atoms with Crippen LogP contribution in [0.25, 0.3) is 6.08 Å². The van der Waals surface area contributed by atoms with Crippen LogP contribution in [0.5, 0.6) is 0 Å². The van der Waals surface area contributed by atoms with E-state index >= 15 is 0 Å². The number of amides is 2. The maximum absolute atomic E-state index is 12.7. The van der Waals surface area contributed by atoms with E-state index in [1.165, 1.54) is 16.7 Å². The zero-order valence-electron chi connectivity index (χ0n) is 11.8. The SMILES string of the molecule is NC(=O)c1ccccc1N1C(=O)/C(=C/c2ccncc2)SC1=S. The van der Waals surface area contributed by atoms with Crippen molar-refractivity contribution in [1.29, 1.82) is 0 Å². The molecule has 1 aromatic heterocycles. The number of hydrogen-bond acceptors (Lipinski definition) is 5. The number of pyridine rings is 1. The first-order valence-corrected chi connectivity index (χ1v) is 7.87. The van der Waals surface area contributed by atoms with Crippen LogP contribution in [0.4, 0.5) is 5.69 Å². The Balaban J connectivity index is 2.00. The van der Waals surface area contributed by atoms with Gasteiger partial charge in [-0.1, -0.05) is 36.1 Å². The first-order chi connectivity index (χ1) is 11.1. The van der Waals surface area contributed by atoms with Crippen LogP contribution in [0.15, 0.2) is 53.7 Å². The van der Waals surface area contributed by atoms with E-state index in [9.17, 15) is 9.59 Å². The molecule has 3 rings (SSSR count). The van der Waals surface area contributed by atoms with Gasteiger partial charge in [-0.3, -0.25) is 19.5 Å². The monoisotopic (exact) mass is 341 g/mol. The highest BCUT2D eigenvalue weighted by Gasteiger charge is 2.34. The number of nitrogens with zero attached hydrogens (tertiary/aromatic N) is 2. The van der Waals surface area contributed by atoms with Gasteiger partial charge in [0.25, 0.3) is 11.8 Å². The molecule has 1 aliphatic rings. The minimum Gasteiger partial charge on any atom is -0.366 e. The molecule has 1 fully saturated rings. The van der Waals surface area contributed by atoms with Gasteiger partial charge in [0.05, 0.1) is 16.2 Å². The van der Waals surface area contributed by atoms with E-state index in [1.54, 1.807) is 54.9 Å². The smallest absolute Gasteiger partial charge is 0.270 e. The molecule has 0 aliphatic carbocycles. The zero-order valence-corrected chi connectivity index (χ0v) is 13.4. The summed E-state index contributed by atoms with van der Waals surface area (Å²) in [5.74, 6) is -0.877. The lowest BCUT2D eigenvalue weighted by molar-refractivity contribution is -0.113. The van der Waals surface area contributed by atoms with E-state index in [2.05, 4.69) is 4.98 Å². The van der Waals surface area contributed by atoms with Crippen LogP contribution < -0.4 is 10.6 Å². The summed E-state index contributed by atoms with van der Waals surface area (Å²) < 4.78 is 0.365. The maximum atomic E-state index is 12.7. The van der Waals surface area contributed by atoms with E-state index in [0.29, 0.717) is 14.9 Å². The van der Waals surface area contributed by atoms with Crippen molar-refractivity contribution >= 4 is 51.9 Å². The van der Waals surface area contributed by atoms with Crippen molar-refractivity contribution in [3.05, 3.63) is 64.8 Å². The minimum atomic E-state index is -0.604.